The fraction of sp³-hybridized carbons (Fsp3) is 0.318. The summed E-state index contributed by atoms with van der Waals surface area (Å²) in [6.07, 6.45) is 0.970. The molecule has 1 aliphatic heterocycles. The number of hydrogen-bond acceptors (Lipinski definition) is 5. The number of rotatable bonds is 6. The van der Waals surface area contributed by atoms with E-state index in [-0.39, 0.29) is 10.8 Å². The van der Waals surface area contributed by atoms with Crippen LogP contribution in [0.15, 0.2) is 68.7 Å². The van der Waals surface area contributed by atoms with E-state index in [4.69, 9.17) is 4.42 Å². The molecule has 0 amide bonds. The summed E-state index contributed by atoms with van der Waals surface area (Å²) in [5.41, 5.74) is 2.52. The molecule has 29 heavy (non-hydrogen) atoms. The zero-order valence-corrected chi connectivity index (χ0v) is 17.1. The van der Waals surface area contributed by atoms with Crippen molar-refractivity contribution in [1.29, 1.82) is 0 Å². The second-order valence-electron chi connectivity index (χ2n) is 7.62. The Bertz CT molecular complexity index is 1190. The maximum Gasteiger partial charge on any atom is 0.336 e. The zero-order chi connectivity index (χ0) is 20.4. The van der Waals surface area contributed by atoms with Crippen molar-refractivity contribution in [3.05, 3.63) is 76.1 Å². The standard InChI is InChI=1S/C22H24N2O4S/c1-16-4-2-3-5-19(16)15-24-11-10-17(14-24)13-23-29(26,27)20-7-8-21-18(12-20)6-9-22(25)28-21/h2-9,12,17,23H,10-11,13-15H2,1H3. The molecule has 7 heteroatoms. The first-order chi connectivity index (χ1) is 13.9. The molecule has 2 aromatic carbocycles. The minimum Gasteiger partial charge on any atom is -0.423 e. The van der Waals surface area contributed by atoms with Gasteiger partial charge in [0.05, 0.1) is 4.90 Å². The van der Waals surface area contributed by atoms with Gasteiger partial charge in [-0.2, -0.15) is 0 Å². The highest BCUT2D eigenvalue weighted by Crippen LogP contribution is 2.21. The van der Waals surface area contributed by atoms with Crippen molar-refractivity contribution in [2.75, 3.05) is 19.6 Å². The SMILES string of the molecule is Cc1ccccc1CN1CCC(CNS(=O)(=O)c2ccc3oc(=O)ccc3c2)C1. The fourth-order valence-electron chi connectivity index (χ4n) is 3.78. The van der Waals surface area contributed by atoms with Crippen LogP contribution in [0.2, 0.25) is 0 Å². The summed E-state index contributed by atoms with van der Waals surface area (Å²) < 4.78 is 33.2. The van der Waals surface area contributed by atoms with Crippen molar-refractivity contribution in [1.82, 2.24) is 9.62 Å². The van der Waals surface area contributed by atoms with Crippen molar-refractivity contribution in [2.45, 2.75) is 24.8 Å². The first-order valence-electron chi connectivity index (χ1n) is 9.71. The quantitative estimate of drug-likeness (QED) is 0.630. The third-order valence-electron chi connectivity index (χ3n) is 5.49. The van der Waals surface area contributed by atoms with Crippen LogP contribution in [0, 0.1) is 12.8 Å². The molecule has 3 aromatic rings. The van der Waals surface area contributed by atoms with Crippen molar-refractivity contribution >= 4 is 21.0 Å². The molecule has 6 nitrogen and oxygen atoms in total. The van der Waals surface area contributed by atoms with Crippen LogP contribution in [-0.4, -0.2) is 33.0 Å². The molecular weight excluding hydrogens is 388 g/mol. The van der Waals surface area contributed by atoms with E-state index in [1.54, 1.807) is 6.07 Å². The molecule has 4 rings (SSSR count). The number of aryl methyl sites for hydroxylation is 1. The van der Waals surface area contributed by atoms with E-state index in [0.29, 0.717) is 17.5 Å². The van der Waals surface area contributed by atoms with E-state index in [1.165, 1.54) is 35.4 Å². The lowest BCUT2D eigenvalue weighted by molar-refractivity contribution is 0.316. The highest BCUT2D eigenvalue weighted by molar-refractivity contribution is 7.89. The molecule has 1 saturated heterocycles. The molecule has 1 unspecified atom stereocenters. The summed E-state index contributed by atoms with van der Waals surface area (Å²) in [6.45, 7) is 5.27. The lowest BCUT2D eigenvalue weighted by Crippen LogP contribution is -2.31. The van der Waals surface area contributed by atoms with Crippen molar-refractivity contribution in [3.8, 4) is 0 Å². The third kappa shape index (κ3) is 4.58. The lowest BCUT2D eigenvalue weighted by atomic mass is 10.1. The first kappa shape index (κ1) is 19.8. The van der Waals surface area contributed by atoms with Crippen LogP contribution in [0.25, 0.3) is 11.0 Å². The second-order valence-corrected chi connectivity index (χ2v) is 9.39. The van der Waals surface area contributed by atoms with Crippen molar-refractivity contribution in [2.24, 2.45) is 5.92 Å². The van der Waals surface area contributed by atoms with E-state index in [2.05, 4.69) is 34.7 Å². The molecule has 1 fully saturated rings. The van der Waals surface area contributed by atoms with Crippen LogP contribution in [0.5, 0.6) is 0 Å². The molecule has 0 aliphatic carbocycles. The van der Waals surface area contributed by atoms with E-state index < -0.39 is 15.6 Å². The average Bonchev–Trinajstić information content (AvgIpc) is 3.15. The van der Waals surface area contributed by atoms with Gasteiger partial charge in [0.25, 0.3) is 0 Å². The fourth-order valence-corrected chi connectivity index (χ4v) is 4.93. The summed E-state index contributed by atoms with van der Waals surface area (Å²) in [5.74, 6) is 0.285. The normalized spacial score (nSPS) is 17.8. The predicted molar refractivity (Wildman–Crippen MR) is 112 cm³/mol. The van der Waals surface area contributed by atoms with Crippen LogP contribution < -0.4 is 10.3 Å². The van der Waals surface area contributed by atoms with Crippen LogP contribution in [-0.2, 0) is 16.6 Å². The summed E-state index contributed by atoms with van der Waals surface area (Å²) in [6, 6.07) is 15.7. The summed E-state index contributed by atoms with van der Waals surface area (Å²) in [4.78, 5) is 13.8. The Labute approximate surface area is 170 Å². The molecule has 0 bridgehead atoms. The van der Waals surface area contributed by atoms with Gasteiger partial charge in [-0.25, -0.2) is 17.9 Å². The van der Waals surface area contributed by atoms with Crippen LogP contribution in [0.3, 0.4) is 0 Å². The van der Waals surface area contributed by atoms with Gasteiger partial charge in [-0.3, -0.25) is 4.90 Å². The molecule has 0 spiro atoms. The molecule has 152 valence electrons. The Morgan fingerprint density at radius 2 is 1.97 bits per heavy atom. The van der Waals surface area contributed by atoms with Gasteiger partial charge >= 0.3 is 5.63 Å². The number of likely N-dealkylation sites (tertiary alicyclic amines) is 1. The molecule has 1 aromatic heterocycles. The minimum absolute atomic E-state index is 0.175. The Morgan fingerprint density at radius 1 is 1.14 bits per heavy atom. The van der Waals surface area contributed by atoms with Crippen LogP contribution in [0.4, 0.5) is 0 Å². The number of nitrogens with one attached hydrogen (secondary N) is 1. The predicted octanol–water partition coefficient (Wildman–Crippen LogP) is 2.90. The van der Waals surface area contributed by atoms with E-state index in [9.17, 15) is 13.2 Å². The maximum absolute atomic E-state index is 12.7. The van der Waals surface area contributed by atoms with Crippen molar-refractivity contribution in [3.63, 3.8) is 0 Å². The number of benzene rings is 2. The van der Waals surface area contributed by atoms with Gasteiger partial charge < -0.3 is 4.42 Å². The van der Waals surface area contributed by atoms with Gasteiger partial charge in [0, 0.05) is 31.1 Å². The van der Waals surface area contributed by atoms with Gasteiger partial charge in [0.1, 0.15) is 5.58 Å². The molecule has 2 heterocycles. The molecular formula is C22H24N2O4S. The molecule has 1 atom stereocenters. The molecule has 1 aliphatic rings. The van der Waals surface area contributed by atoms with Crippen molar-refractivity contribution < 1.29 is 12.8 Å². The Morgan fingerprint density at radius 3 is 2.79 bits per heavy atom. The zero-order valence-electron chi connectivity index (χ0n) is 16.3. The highest BCUT2D eigenvalue weighted by Gasteiger charge is 2.25. The monoisotopic (exact) mass is 412 g/mol. The van der Waals surface area contributed by atoms with Gasteiger partial charge in [0.2, 0.25) is 10.0 Å². The Balaban J connectivity index is 1.38. The summed E-state index contributed by atoms with van der Waals surface area (Å²) >= 11 is 0. The average molecular weight is 413 g/mol. The number of nitrogens with zero attached hydrogens (tertiary/aromatic N) is 1. The van der Waals surface area contributed by atoms with Gasteiger partial charge in [-0.15, -0.1) is 0 Å². The van der Waals surface area contributed by atoms with E-state index in [0.717, 1.165) is 26.1 Å². The first-order valence-corrected chi connectivity index (χ1v) is 11.2. The topological polar surface area (TPSA) is 79.6 Å². The summed E-state index contributed by atoms with van der Waals surface area (Å²) in [5, 5.41) is 0.581. The Kier molecular flexibility index (Phi) is 5.54. The second kappa shape index (κ2) is 8.10. The molecule has 1 N–H and O–H groups in total. The summed E-state index contributed by atoms with van der Waals surface area (Å²) in [7, 11) is -3.62. The van der Waals surface area contributed by atoms with Gasteiger partial charge in [0.15, 0.2) is 0 Å². The third-order valence-corrected chi connectivity index (χ3v) is 6.91. The Hall–Kier alpha value is -2.48. The van der Waals surface area contributed by atoms with Crippen LogP contribution in [0.1, 0.15) is 17.5 Å². The molecule has 0 saturated carbocycles. The number of hydrogen-bond donors (Lipinski definition) is 1. The number of fused-ring (bicyclic) bond motifs is 1. The van der Waals surface area contributed by atoms with E-state index >= 15 is 0 Å². The van der Waals surface area contributed by atoms with Crippen LogP contribution >= 0.6 is 0 Å². The van der Waals surface area contributed by atoms with E-state index in [1.807, 2.05) is 6.07 Å². The minimum atomic E-state index is -3.62. The highest BCUT2D eigenvalue weighted by atomic mass is 32.2. The van der Waals surface area contributed by atoms with Gasteiger partial charge in [-0.1, -0.05) is 24.3 Å². The maximum atomic E-state index is 12.7. The largest absolute Gasteiger partial charge is 0.423 e. The smallest absolute Gasteiger partial charge is 0.336 e. The lowest BCUT2D eigenvalue weighted by Gasteiger charge is -2.17. The molecule has 0 radical (unpaired) electrons. The van der Waals surface area contributed by atoms with Gasteiger partial charge in [-0.05, 0) is 61.2 Å². The number of sulfonamides is 1.